The highest BCUT2D eigenvalue weighted by Gasteiger charge is 2.28. The highest BCUT2D eigenvalue weighted by Crippen LogP contribution is 2.30. The van der Waals surface area contributed by atoms with Gasteiger partial charge < -0.3 is 15.4 Å². The molecule has 0 saturated carbocycles. The zero-order chi connectivity index (χ0) is 29.4. The van der Waals surface area contributed by atoms with E-state index in [0.29, 0.717) is 56.2 Å². The zero-order valence-corrected chi connectivity index (χ0v) is 24.2. The van der Waals surface area contributed by atoms with Gasteiger partial charge in [0.25, 0.3) is 5.91 Å². The molecule has 1 aliphatic heterocycles. The number of amides is 2. The first-order valence-electron chi connectivity index (χ1n) is 14.4. The summed E-state index contributed by atoms with van der Waals surface area (Å²) in [5.74, 6) is -1.43. The van der Waals surface area contributed by atoms with E-state index in [1.165, 1.54) is 29.2 Å². The monoisotopic (exact) mass is 560 g/mol. The van der Waals surface area contributed by atoms with Crippen molar-refractivity contribution in [2.45, 2.75) is 78.3 Å². The van der Waals surface area contributed by atoms with Gasteiger partial charge in [0, 0.05) is 30.6 Å². The summed E-state index contributed by atoms with van der Waals surface area (Å²) in [5.41, 5.74) is 4.60. The predicted molar refractivity (Wildman–Crippen MR) is 152 cm³/mol. The van der Waals surface area contributed by atoms with E-state index in [4.69, 9.17) is 10.5 Å². The van der Waals surface area contributed by atoms with Gasteiger partial charge in [-0.15, -0.1) is 0 Å². The quantitative estimate of drug-likeness (QED) is 0.279. The van der Waals surface area contributed by atoms with Crippen LogP contribution in [0.2, 0.25) is 0 Å². The number of halogens is 3. The van der Waals surface area contributed by atoms with Crippen LogP contribution in [0, 0.1) is 29.4 Å². The molecule has 1 unspecified atom stereocenters. The lowest BCUT2D eigenvalue weighted by Crippen LogP contribution is -2.42. The van der Waals surface area contributed by atoms with Crippen molar-refractivity contribution in [3.05, 3.63) is 53.6 Å². The van der Waals surface area contributed by atoms with Crippen molar-refractivity contribution in [1.82, 2.24) is 4.90 Å². The minimum atomic E-state index is -1.18. The number of benzene rings is 2. The minimum Gasteiger partial charge on any atom is -0.493 e. The maximum absolute atomic E-state index is 15.1. The molecule has 220 valence electrons. The number of rotatable bonds is 13. The summed E-state index contributed by atoms with van der Waals surface area (Å²) in [6, 6.07) is 8.58. The van der Waals surface area contributed by atoms with Crippen LogP contribution in [-0.2, 0) is 4.79 Å². The van der Waals surface area contributed by atoms with E-state index in [1.807, 2.05) is 0 Å². The van der Waals surface area contributed by atoms with Gasteiger partial charge >= 0.3 is 0 Å². The molecule has 2 atom stereocenters. The van der Waals surface area contributed by atoms with E-state index in [2.05, 4.69) is 13.8 Å². The molecule has 2 aromatic rings. The number of carbonyl (C=O) groups excluding carboxylic acids is 2. The molecule has 3 rings (SSSR count). The Labute approximate surface area is 236 Å². The molecule has 1 aliphatic rings. The van der Waals surface area contributed by atoms with Crippen LogP contribution in [0.1, 0.15) is 83.0 Å². The second-order valence-corrected chi connectivity index (χ2v) is 11.9. The first-order chi connectivity index (χ1) is 18.9. The fraction of sp³-hybridized carbons (Fsp3) is 0.562. The van der Waals surface area contributed by atoms with Crippen molar-refractivity contribution in [1.29, 1.82) is 0 Å². The Hall–Kier alpha value is -3.03. The number of piperidine rings is 1. The minimum absolute atomic E-state index is 0.0898. The highest BCUT2D eigenvalue weighted by atomic mass is 19.1. The Morgan fingerprint density at radius 3 is 2.33 bits per heavy atom. The Morgan fingerprint density at radius 2 is 1.75 bits per heavy atom. The largest absolute Gasteiger partial charge is 0.493 e. The van der Waals surface area contributed by atoms with Gasteiger partial charge in [-0.1, -0.05) is 32.8 Å². The van der Waals surface area contributed by atoms with Crippen LogP contribution in [0.4, 0.5) is 13.2 Å². The lowest BCUT2D eigenvalue weighted by Gasteiger charge is -2.30. The van der Waals surface area contributed by atoms with Crippen molar-refractivity contribution in [3.8, 4) is 16.9 Å². The smallest absolute Gasteiger partial charge is 0.256 e. The highest BCUT2D eigenvalue weighted by molar-refractivity contribution is 5.95. The van der Waals surface area contributed by atoms with Gasteiger partial charge in [0.1, 0.15) is 23.1 Å². The molecule has 0 aromatic heterocycles. The number of nitrogens with zero attached hydrogens (tertiary/aromatic N) is 1. The van der Waals surface area contributed by atoms with E-state index in [-0.39, 0.29) is 28.9 Å². The first kappa shape index (κ1) is 31.5. The van der Waals surface area contributed by atoms with Crippen molar-refractivity contribution < 1.29 is 27.5 Å². The standard InChI is InChI=1S/C32H43F3N2O3/c1-5-6-22(8-7-21(2)19-32(3,4)35)20-40-25-10-12-26(29(34)18-25)24-9-11-27(28(33)17-24)31(39)37-15-13-23(14-16-37)30(36)38/h9-12,17-18,21-23H,5-8,13-16,19-20H2,1-4H3,(H2,36,38)/t21-,22?/m1/s1. The van der Waals surface area contributed by atoms with Gasteiger partial charge in [-0.3, -0.25) is 9.59 Å². The third-order valence-electron chi connectivity index (χ3n) is 7.72. The topological polar surface area (TPSA) is 72.6 Å². The Kier molecular flexibility index (Phi) is 11.1. The van der Waals surface area contributed by atoms with Crippen molar-refractivity contribution in [3.63, 3.8) is 0 Å². The van der Waals surface area contributed by atoms with Crippen LogP contribution in [0.15, 0.2) is 36.4 Å². The Morgan fingerprint density at radius 1 is 1.05 bits per heavy atom. The number of nitrogens with two attached hydrogens (primary N) is 1. The summed E-state index contributed by atoms with van der Waals surface area (Å²) >= 11 is 0. The molecule has 2 N–H and O–H groups in total. The Balaban J connectivity index is 1.61. The number of hydrogen-bond donors (Lipinski definition) is 1. The number of carbonyl (C=O) groups is 2. The summed E-state index contributed by atoms with van der Waals surface area (Å²) in [5, 5.41) is 0. The van der Waals surface area contributed by atoms with E-state index >= 15 is 4.39 Å². The maximum atomic E-state index is 15.1. The summed E-state index contributed by atoms with van der Waals surface area (Å²) in [6.07, 6.45) is 5.22. The SMILES string of the molecule is CCCC(CC[C@@H](C)CC(C)(C)F)COc1ccc(-c2ccc(C(=O)N3CCC(C(N)=O)CC3)c(F)c2)c(F)c1. The van der Waals surface area contributed by atoms with Gasteiger partial charge in [-0.2, -0.15) is 0 Å². The summed E-state index contributed by atoms with van der Waals surface area (Å²) in [6.45, 7) is 8.50. The van der Waals surface area contributed by atoms with Gasteiger partial charge in [-0.05, 0) is 87.6 Å². The average Bonchev–Trinajstić information content (AvgIpc) is 2.89. The van der Waals surface area contributed by atoms with Gasteiger partial charge in [-0.25, -0.2) is 13.2 Å². The number of ether oxygens (including phenoxy) is 1. The second kappa shape index (κ2) is 14.0. The van der Waals surface area contributed by atoms with Crippen LogP contribution in [0.3, 0.4) is 0 Å². The van der Waals surface area contributed by atoms with Crippen LogP contribution in [-0.4, -0.2) is 42.1 Å². The predicted octanol–water partition coefficient (Wildman–Crippen LogP) is 7.32. The molecule has 2 aromatic carbocycles. The lowest BCUT2D eigenvalue weighted by atomic mass is 9.88. The first-order valence-corrected chi connectivity index (χ1v) is 14.4. The van der Waals surface area contributed by atoms with Gasteiger partial charge in [0.2, 0.25) is 5.91 Å². The van der Waals surface area contributed by atoms with E-state index in [9.17, 15) is 18.4 Å². The zero-order valence-electron chi connectivity index (χ0n) is 24.2. The van der Waals surface area contributed by atoms with Crippen LogP contribution < -0.4 is 10.5 Å². The molecule has 0 bridgehead atoms. The molecule has 40 heavy (non-hydrogen) atoms. The summed E-state index contributed by atoms with van der Waals surface area (Å²) < 4.78 is 49.9. The molecule has 1 saturated heterocycles. The Bertz CT molecular complexity index is 1160. The van der Waals surface area contributed by atoms with E-state index in [1.54, 1.807) is 26.0 Å². The van der Waals surface area contributed by atoms with Crippen molar-refractivity contribution in [2.24, 2.45) is 23.5 Å². The maximum Gasteiger partial charge on any atom is 0.256 e. The van der Waals surface area contributed by atoms with Crippen LogP contribution in [0.5, 0.6) is 5.75 Å². The third kappa shape index (κ3) is 9.00. The molecule has 0 radical (unpaired) electrons. The van der Waals surface area contributed by atoms with Crippen LogP contribution >= 0.6 is 0 Å². The molecule has 5 nitrogen and oxygen atoms in total. The van der Waals surface area contributed by atoms with Gasteiger partial charge in [0.15, 0.2) is 0 Å². The van der Waals surface area contributed by atoms with Crippen LogP contribution in [0.25, 0.3) is 11.1 Å². The van der Waals surface area contributed by atoms with Crippen molar-refractivity contribution in [2.75, 3.05) is 19.7 Å². The fourth-order valence-electron chi connectivity index (χ4n) is 5.60. The van der Waals surface area contributed by atoms with Crippen molar-refractivity contribution >= 4 is 11.8 Å². The average molecular weight is 561 g/mol. The van der Waals surface area contributed by atoms with E-state index in [0.717, 1.165) is 25.7 Å². The number of alkyl halides is 1. The molecule has 0 aliphatic carbocycles. The molecule has 1 fully saturated rings. The molecular formula is C32H43F3N2O3. The number of hydrogen-bond acceptors (Lipinski definition) is 3. The molecule has 2 amide bonds. The lowest BCUT2D eigenvalue weighted by molar-refractivity contribution is -0.123. The summed E-state index contributed by atoms with van der Waals surface area (Å²) in [4.78, 5) is 25.7. The molecule has 8 heteroatoms. The molecule has 1 heterocycles. The molecular weight excluding hydrogens is 517 g/mol. The number of primary amides is 1. The number of likely N-dealkylation sites (tertiary alicyclic amines) is 1. The normalized spacial score (nSPS) is 16.0. The van der Waals surface area contributed by atoms with Gasteiger partial charge in [0.05, 0.1) is 12.2 Å². The van der Waals surface area contributed by atoms with E-state index < -0.39 is 23.2 Å². The summed E-state index contributed by atoms with van der Waals surface area (Å²) in [7, 11) is 0. The second-order valence-electron chi connectivity index (χ2n) is 11.9. The fourth-order valence-corrected chi connectivity index (χ4v) is 5.60. The third-order valence-corrected chi connectivity index (χ3v) is 7.72. The molecule has 0 spiro atoms.